The Bertz CT molecular complexity index is 908. The molecule has 0 bridgehead atoms. The van der Waals surface area contributed by atoms with Crippen LogP contribution in [-0.4, -0.2) is 56.7 Å². The summed E-state index contributed by atoms with van der Waals surface area (Å²) in [7, 11) is 0. The Morgan fingerprint density at radius 3 is 2.72 bits per heavy atom. The van der Waals surface area contributed by atoms with Crippen molar-refractivity contribution in [3.05, 3.63) is 83.9 Å². The summed E-state index contributed by atoms with van der Waals surface area (Å²) in [6.45, 7) is 7.30. The molecule has 0 spiro atoms. The number of hydrogen-bond donors (Lipinski definition) is 1. The van der Waals surface area contributed by atoms with Crippen molar-refractivity contribution >= 4 is 0 Å². The summed E-state index contributed by atoms with van der Waals surface area (Å²) >= 11 is 0. The first kappa shape index (κ1) is 19.8. The smallest absolute Gasteiger partial charge is 0.0636 e. The van der Waals surface area contributed by atoms with Gasteiger partial charge in [-0.05, 0) is 48.7 Å². The van der Waals surface area contributed by atoms with E-state index in [4.69, 9.17) is 0 Å². The first-order valence-corrected chi connectivity index (χ1v) is 10.4. The minimum Gasteiger partial charge on any atom is -0.396 e. The Morgan fingerprint density at radius 2 is 1.93 bits per heavy atom. The lowest BCUT2D eigenvalue weighted by Gasteiger charge is -2.41. The van der Waals surface area contributed by atoms with Gasteiger partial charge in [-0.2, -0.15) is 0 Å². The van der Waals surface area contributed by atoms with Crippen LogP contribution in [0.5, 0.6) is 0 Å². The maximum Gasteiger partial charge on any atom is 0.0636 e. The summed E-state index contributed by atoms with van der Waals surface area (Å²) in [5.74, 6) is 0. The van der Waals surface area contributed by atoms with Crippen molar-refractivity contribution in [2.24, 2.45) is 0 Å². The van der Waals surface area contributed by atoms with Gasteiger partial charge in [0, 0.05) is 63.5 Å². The number of aliphatic hydroxyl groups excluding tert-OH is 1. The molecule has 29 heavy (non-hydrogen) atoms. The quantitative estimate of drug-likeness (QED) is 0.673. The zero-order valence-electron chi connectivity index (χ0n) is 17.1. The normalized spacial score (nSPS) is 18.2. The highest BCUT2D eigenvalue weighted by molar-refractivity contribution is 5.32. The maximum atomic E-state index is 9.64. The van der Waals surface area contributed by atoms with E-state index >= 15 is 0 Å². The van der Waals surface area contributed by atoms with Crippen LogP contribution in [-0.2, 0) is 13.1 Å². The molecular weight excluding hydrogens is 360 g/mol. The number of aliphatic hydroxyl groups is 1. The predicted molar refractivity (Wildman–Crippen MR) is 116 cm³/mol. The van der Waals surface area contributed by atoms with Gasteiger partial charge in [-0.25, -0.2) is 0 Å². The number of aryl methyl sites for hydroxylation is 1. The molecular formula is C24H30N4O. The summed E-state index contributed by atoms with van der Waals surface area (Å²) in [5, 5.41) is 9.64. The topological polar surface area (TPSA) is 44.5 Å². The molecule has 1 aromatic carbocycles. The largest absolute Gasteiger partial charge is 0.396 e. The Kier molecular flexibility index (Phi) is 6.39. The van der Waals surface area contributed by atoms with E-state index in [0.29, 0.717) is 6.04 Å². The monoisotopic (exact) mass is 390 g/mol. The van der Waals surface area contributed by atoms with Crippen molar-refractivity contribution in [3.63, 3.8) is 0 Å². The third kappa shape index (κ3) is 4.75. The van der Waals surface area contributed by atoms with E-state index in [2.05, 4.69) is 74.9 Å². The zero-order valence-corrected chi connectivity index (χ0v) is 17.1. The lowest BCUT2D eigenvalue weighted by molar-refractivity contribution is 0.0491. The van der Waals surface area contributed by atoms with Crippen LogP contribution in [0.2, 0.25) is 0 Å². The first-order valence-electron chi connectivity index (χ1n) is 10.4. The Morgan fingerprint density at radius 1 is 1.03 bits per heavy atom. The minimum atomic E-state index is 0.231. The summed E-state index contributed by atoms with van der Waals surface area (Å²) in [6.07, 6.45) is 6.62. The summed E-state index contributed by atoms with van der Waals surface area (Å²) in [6, 6.07) is 17.3. The number of hydrogen-bond acceptors (Lipinski definition) is 4. The zero-order chi connectivity index (χ0) is 20.1. The van der Waals surface area contributed by atoms with E-state index in [1.807, 2.05) is 12.3 Å². The van der Waals surface area contributed by atoms with Gasteiger partial charge in [0.15, 0.2) is 0 Å². The number of rotatable bonds is 7. The molecule has 1 atom stereocenters. The third-order valence-corrected chi connectivity index (χ3v) is 5.93. The van der Waals surface area contributed by atoms with E-state index in [-0.39, 0.29) is 6.61 Å². The van der Waals surface area contributed by atoms with Crippen LogP contribution in [0.25, 0.3) is 5.69 Å². The standard InChI is InChI=1S/C24H30N4O/c1-20-6-2-3-7-21(20)17-27-14-13-26(18-23(27)10-15-29)19-24-9-5-12-28(24)22-8-4-11-25-16-22/h2-9,11-12,16,23,29H,10,13-15,17-19H2,1H3/t23-/m0/s1. The second kappa shape index (κ2) is 9.35. The lowest BCUT2D eigenvalue weighted by Crippen LogP contribution is -2.52. The van der Waals surface area contributed by atoms with Gasteiger partial charge in [-0.1, -0.05) is 24.3 Å². The average molecular weight is 391 g/mol. The van der Waals surface area contributed by atoms with Crippen LogP contribution >= 0.6 is 0 Å². The van der Waals surface area contributed by atoms with Gasteiger partial charge in [0.05, 0.1) is 11.9 Å². The van der Waals surface area contributed by atoms with Gasteiger partial charge in [-0.15, -0.1) is 0 Å². The van der Waals surface area contributed by atoms with Crippen LogP contribution < -0.4 is 0 Å². The van der Waals surface area contributed by atoms with Crippen molar-refractivity contribution in [2.75, 3.05) is 26.2 Å². The second-order valence-electron chi connectivity index (χ2n) is 7.88. The SMILES string of the molecule is Cc1ccccc1CN1CCN(Cc2cccn2-c2cccnc2)C[C@@H]1CCO. The molecule has 5 nitrogen and oxygen atoms in total. The van der Waals surface area contributed by atoms with Gasteiger partial charge >= 0.3 is 0 Å². The van der Waals surface area contributed by atoms with Crippen LogP contribution in [0, 0.1) is 6.92 Å². The van der Waals surface area contributed by atoms with Gasteiger partial charge in [0.2, 0.25) is 0 Å². The lowest BCUT2D eigenvalue weighted by atomic mass is 10.0. The summed E-state index contributed by atoms with van der Waals surface area (Å²) in [4.78, 5) is 9.30. The number of pyridine rings is 1. The molecule has 1 aliphatic heterocycles. The van der Waals surface area contributed by atoms with E-state index in [1.54, 1.807) is 6.20 Å². The molecule has 0 amide bonds. The van der Waals surface area contributed by atoms with Crippen molar-refractivity contribution < 1.29 is 5.11 Å². The summed E-state index contributed by atoms with van der Waals surface area (Å²) in [5.41, 5.74) is 5.09. The predicted octanol–water partition coefficient (Wildman–Crippen LogP) is 3.25. The van der Waals surface area contributed by atoms with Gasteiger partial charge < -0.3 is 9.67 Å². The molecule has 1 N–H and O–H groups in total. The minimum absolute atomic E-state index is 0.231. The molecule has 4 rings (SSSR count). The number of benzene rings is 1. The maximum absolute atomic E-state index is 9.64. The molecule has 3 heterocycles. The Labute approximate surface area is 173 Å². The molecule has 5 heteroatoms. The highest BCUT2D eigenvalue weighted by Gasteiger charge is 2.27. The molecule has 1 fully saturated rings. The Hall–Kier alpha value is -2.47. The highest BCUT2D eigenvalue weighted by atomic mass is 16.3. The van der Waals surface area contributed by atoms with Crippen molar-refractivity contribution in [2.45, 2.75) is 32.5 Å². The number of nitrogens with zero attached hydrogens (tertiary/aromatic N) is 4. The van der Waals surface area contributed by atoms with Gasteiger partial charge in [0.1, 0.15) is 0 Å². The van der Waals surface area contributed by atoms with E-state index in [1.165, 1.54) is 16.8 Å². The first-order chi connectivity index (χ1) is 14.2. The number of aromatic nitrogens is 2. The molecule has 152 valence electrons. The van der Waals surface area contributed by atoms with Crippen LogP contribution in [0.1, 0.15) is 23.2 Å². The third-order valence-electron chi connectivity index (χ3n) is 5.93. The Balaban J connectivity index is 1.44. The van der Waals surface area contributed by atoms with Crippen LogP contribution in [0.4, 0.5) is 0 Å². The molecule has 0 saturated carbocycles. The van der Waals surface area contributed by atoms with Crippen molar-refractivity contribution in [1.29, 1.82) is 0 Å². The van der Waals surface area contributed by atoms with E-state index in [9.17, 15) is 5.11 Å². The average Bonchev–Trinajstić information content (AvgIpc) is 3.20. The molecule has 0 aliphatic carbocycles. The van der Waals surface area contributed by atoms with Gasteiger partial charge in [-0.3, -0.25) is 14.8 Å². The fourth-order valence-corrected chi connectivity index (χ4v) is 4.26. The van der Waals surface area contributed by atoms with Crippen molar-refractivity contribution in [3.8, 4) is 5.69 Å². The van der Waals surface area contributed by atoms with E-state index < -0.39 is 0 Å². The van der Waals surface area contributed by atoms with Gasteiger partial charge in [0.25, 0.3) is 0 Å². The second-order valence-corrected chi connectivity index (χ2v) is 7.88. The van der Waals surface area contributed by atoms with Crippen LogP contribution in [0.3, 0.4) is 0 Å². The summed E-state index contributed by atoms with van der Waals surface area (Å²) < 4.78 is 2.22. The molecule has 3 aromatic rings. The highest BCUT2D eigenvalue weighted by Crippen LogP contribution is 2.21. The van der Waals surface area contributed by atoms with E-state index in [0.717, 1.165) is 44.8 Å². The molecule has 0 unspecified atom stereocenters. The molecule has 2 aromatic heterocycles. The fourth-order valence-electron chi connectivity index (χ4n) is 4.26. The number of piperazine rings is 1. The molecule has 1 aliphatic rings. The van der Waals surface area contributed by atoms with Crippen molar-refractivity contribution in [1.82, 2.24) is 19.4 Å². The molecule has 0 radical (unpaired) electrons. The molecule has 1 saturated heterocycles. The fraction of sp³-hybridized carbons (Fsp3) is 0.375. The van der Waals surface area contributed by atoms with Crippen LogP contribution in [0.15, 0.2) is 67.1 Å².